The van der Waals surface area contributed by atoms with Gasteiger partial charge in [-0.3, -0.25) is 30.3 Å². The summed E-state index contributed by atoms with van der Waals surface area (Å²) in [7, 11) is 0. The molecule has 1 rings (SSSR count). The van der Waals surface area contributed by atoms with Crippen LogP contribution in [0.3, 0.4) is 0 Å². The first-order chi connectivity index (χ1) is 8.40. The molecular formula is C9H8N3O6. The quantitative estimate of drug-likeness (QED) is 0.578. The minimum absolute atomic E-state index is 0.207. The molecule has 0 saturated heterocycles. The molecule has 0 aliphatic rings. The largest absolute Gasteiger partial charge is 0.633 e. The second kappa shape index (κ2) is 5.17. The molecule has 18 heavy (non-hydrogen) atoms. The van der Waals surface area contributed by atoms with Gasteiger partial charge in [-0.2, -0.15) is 0 Å². The van der Waals surface area contributed by atoms with Crippen molar-refractivity contribution in [2.75, 3.05) is 0 Å². The average molecular weight is 254 g/mol. The molecule has 0 amide bonds. The van der Waals surface area contributed by atoms with Crippen LogP contribution in [0, 0.1) is 36.5 Å². The molecule has 0 aromatic heterocycles. The maximum atomic E-state index is 10.9. The molecule has 0 N–H and O–H groups in total. The Labute approximate surface area is 100 Å². The normalized spacial score (nSPS) is 10.3. The third kappa shape index (κ3) is 2.39. The van der Waals surface area contributed by atoms with Crippen molar-refractivity contribution in [1.29, 1.82) is 0 Å². The lowest BCUT2D eigenvalue weighted by molar-refractivity contribution is -0.661. The zero-order valence-corrected chi connectivity index (χ0v) is 9.23. The van der Waals surface area contributed by atoms with E-state index in [4.69, 9.17) is 0 Å². The van der Waals surface area contributed by atoms with E-state index in [0.717, 1.165) is 6.07 Å². The van der Waals surface area contributed by atoms with Gasteiger partial charge in [0.2, 0.25) is 5.56 Å². The Hall–Kier alpha value is -2.58. The van der Waals surface area contributed by atoms with Crippen molar-refractivity contribution in [2.24, 2.45) is 0 Å². The lowest BCUT2D eigenvalue weighted by Gasteiger charge is -2.03. The van der Waals surface area contributed by atoms with E-state index in [0.29, 0.717) is 0 Å². The molecule has 0 atom stereocenters. The Morgan fingerprint density at radius 1 is 1.11 bits per heavy atom. The van der Waals surface area contributed by atoms with E-state index in [1.807, 2.05) is 0 Å². The van der Waals surface area contributed by atoms with Crippen molar-refractivity contribution in [1.82, 2.24) is 0 Å². The van der Waals surface area contributed by atoms with Crippen molar-refractivity contribution in [3.63, 3.8) is 0 Å². The van der Waals surface area contributed by atoms with E-state index in [2.05, 4.69) is 0 Å². The number of nitro benzene ring substituents is 1. The maximum absolute atomic E-state index is 10.9. The highest BCUT2D eigenvalue weighted by Crippen LogP contribution is 2.30. The van der Waals surface area contributed by atoms with Crippen LogP contribution in [-0.4, -0.2) is 14.8 Å². The third-order valence-electron chi connectivity index (χ3n) is 2.27. The Morgan fingerprint density at radius 3 is 2.06 bits per heavy atom. The summed E-state index contributed by atoms with van der Waals surface area (Å²) in [4.78, 5) is 28.8. The molecule has 9 nitrogen and oxygen atoms in total. The van der Waals surface area contributed by atoms with E-state index in [-0.39, 0.29) is 12.0 Å². The number of benzene rings is 1. The van der Waals surface area contributed by atoms with Crippen LogP contribution in [-0.2, 0) is 6.42 Å². The van der Waals surface area contributed by atoms with Crippen LogP contribution in [0.5, 0.6) is 0 Å². The number of nitro groups is 3. The topological polar surface area (TPSA) is 129 Å². The predicted octanol–water partition coefficient (Wildman–Crippen LogP) is 1.55. The van der Waals surface area contributed by atoms with Crippen molar-refractivity contribution < 1.29 is 14.8 Å². The molecule has 0 aliphatic carbocycles. The van der Waals surface area contributed by atoms with Crippen molar-refractivity contribution in [3.05, 3.63) is 65.8 Å². The molecule has 0 fully saturated rings. The summed E-state index contributed by atoms with van der Waals surface area (Å²) in [6.45, 7) is 1.62. The van der Waals surface area contributed by atoms with Gasteiger partial charge in [-0.15, -0.1) is 0 Å². The minimum Gasteiger partial charge on any atom is -0.258 e. The highest BCUT2D eigenvalue weighted by atomic mass is 16.7. The molecule has 1 radical (unpaired) electrons. The minimum atomic E-state index is -1.39. The van der Waals surface area contributed by atoms with Gasteiger partial charge in [0.15, 0.2) is 0 Å². The number of hydrogen-bond acceptors (Lipinski definition) is 6. The lowest BCUT2D eigenvalue weighted by Crippen LogP contribution is -2.22. The van der Waals surface area contributed by atoms with E-state index in [9.17, 15) is 30.3 Å². The molecule has 95 valence electrons. The van der Waals surface area contributed by atoms with Crippen LogP contribution < -0.4 is 0 Å². The van der Waals surface area contributed by atoms with Crippen molar-refractivity contribution in [2.45, 2.75) is 13.3 Å². The van der Waals surface area contributed by atoms with Crippen molar-refractivity contribution >= 4 is 5.69 Å². The molecule has 0 spiro atoms. The summed E-state index contributed by atoms with van der Waals surface area (Å²) in [6.07, 6.45) is -1.15. The first kappa shape index (κ1) is 13.5. The first-order valence-corrected chi connectivity index (χ1v) is 4.82. The van der Waals surface area contributed by atoms with Gasteiger partial charge in [0.1, 0.15) is 9.85 Å². The van der Waals surface area contributed by atoms with Crippen LogP contribution in [0.1, 0.15) is 18.1 Å². The fourth-order valence-corrected chi connectivity index (χ4v) is 1.54. The summed E-state index contributed by atoms with van der Waals surface area (Å²) in [5.41, 5.74) is -0.976. The van der Waals surface area contributed by atoms with Gasteiger partial charge < -0.3 is 0 Å². The zero-order valence-electron chi connectivity index (χ0n) is 9.23. The van der Waals surface area contributed by atoms with Gasteiger partial charge in [-0.05, 0) is 12.5 Å². The number of para-hydroxylation sites is 1. The maximum Gasteiger partial charge on any atom is 0.633 e. The molecule has 0 aliphatic heterocycles. The van der Waals surface area contributed by atoms with Gasteiger partial charge in [-0.25, -0.2) is 0 Å². The van der Waals surface area contributed by atoms with Gasteiger partial charge >= 0.3 is 6.17 Å². The molecule has 0 heterocycles. The standard InChI is InChI=1S/C9H8N3O6/c1-2-6-4-3-5-7(8(6)10(13)14)9(11(15)16)12(17)18/h3-5H,2H2,1H3. The highest BCUT2D eigenvalue weighted by molar-refractivity contribution is 5.51. The zero-order chi connectivity index (χ0) is 13.9. The van der Waals surface area contributed by atoms with E-state index in [1.165, 1.54) is 12.1 Å². The second-order valence-corrected chi connectivity index (χ2v) is 3.26. The lowest BCUT2D eigenvalue weighted by atomic mass is 10.0. The molecule has 9 heteroatoms. The fraction of sp³-hybridized carbons (Fsp3) is 0.222. The van der Waals surface area contributed by atoms with Gasteiger partial charge in [-0.1, -0.05) is 19.1 Å². The van der Waals surface area contributed by atoms with E-state index >= 15 is 0 Å². The molecule has 0 saturated carbocycles. The van der Waals surface area contributed by atoms with Crippen molar-refractivity contribution in [3.8, 4) is 0 Å². The molecule has 1 aromatic rings. The SMILES string of the molecule is CCc1cccc([C]([N+](=O)[O-])[N+](=O)[O-])c1[N+](=O)[O-]. The summed E-state index contributed by atoms with van der Waals surface area (Å²) in [6, 6.07) is 3.71. The third-order valence-corrected chi connectivity index (χ3v) is 2.27. The Bertz CT molecular complexity index is 501. The number of rotatable bonds is 5. The van der Waals surface area contributed by atoms with Gasteiger partial charge in [0.05, 0.1) is 4.92 Å². The van der Waals surface area contributed by atoms with Gasteiger partial charge in [0, 0.05) is 5.56 Å². The number of hydrogen-bond donors (Lipinski definition) is 0. The number of aryl methyl sites for hydroxylation is 1. The van der Waals surface area contributed by atoms with Gasteiger partial charge in [0.25, 0.3) is 5.69 Å². The molecule has 1 aromatic carbocycles. The fourth-order valence-electron chi connectivity index (χ4n) is 1.54. The Balaban J connectivity index is 3.52. The van der Waals surface area contributed by atoms with E-state index < -0.39 is 32.2 Å². The predicted molar refractivity (Wildman–Crippen MR) is 58.8 cm³/mol. The van der Waals surface area contributed by atoms with Crippen LogP contribution in [0.2, 0.25) is 0 Å². The first-order valence-electron chi connectivity index (χ1n) is 4.82. The smallest absolute Gasteiger partial charge is 0.258 e. The highest BCUT2D eigenvalue weighted by Gasteiger charge is 2.47. The average Bonchev–Trinajstić information content (AvgIpc) is 2.27. The molecule has 0 unspecified atom stereocenters. The summed E-state index contributed by atoms with van der Waals surface area (Å²) in [5.74, 6) is 0. The Morgan fingerprint density at radius 2 is 1.67 bits per heavy atom. The second-order valence-electron chi connectivity index (χ2n) is 3.26. The van der Waals surface area contributed by atoms with Crippen LogP contribution in [0.25, 0.3) is 0 Å². The van der Waals surface area contributed by atoms with Crippen LogP contribution >= 0.6 is 0 Å². The monoisotopic (exact) mass is 254 g/mol. The molecule has 0 bridgehead atoms. The summed E-state index contributed by atoms with van der Waals surface area (Å²) >= 11 is 0. The summed E-state index contributed by atoms with van der Waals surface area (Å²) < 4.78 is 0. The number of nitrogens with zero attached hydrogens (tertiary/aromatic N) is 3. The van der Waals surface area contributed by atoms with Crippen LogP contribution in [0.15, 0.2) is 18.2 Å². The summed E-state index contributed by atoms with van der Waals surface area (Å²) in [5, 5.41) is 32.1. The Kier molecular flexibility index (Phi) is 3.87. The van der Waals surface area contributed by atoms with Crippen LogP contribution in [0.4, 0.5) is 5.69 Å². The molecular weight excluding hydrogens is 246 g/mol. The van der Waals surface area contributed by atoms with E-state index in [1.54, 1.807) is 6.92 Å².